The summed E-state index contributed by atoms with van der Waals surface area (Å²) in [4.78, 5) is 12.5. The Hall–Kier alpha value is -1.43. The predicted molar refractivity (Wildman–Crippen MR) is 222 cm³/mol. The molecule has 5 nitrogen and oxygen atoms in total. The number of hydrogen-bond donors (Lipinski definition) is 4. The number of carbonyl (C=O) groups excluding carboxylic acids is 1. The van der Waals surface area contributed by atoms with Crippen molar-refractivity contribution in [3.63, 3.8) is 0 Å². The summed E-state index contributed by atoms with van der Waals surface area (Å²) in [6, 6.07) is -0.801. The molecule has 0 aliphatic carbocycles. The van der Waals surface area contributed by atoms with Crippen LogP contribution in [0.3, 0.4) is 0 Å². The first-order chi connectivity index (χ1) is 25.1. The predicted octanol–water partition coefficient (Wildman–Crippen LogP) is 12.8. The minimum absolute atomic E-state index is 0.367. The maximum atomic E-state index is 12.5. The average molecular weight is 718 g/mol. The van der Waals surface area contributed by atoms with E-state index in [2.05, 4.69) is 43.5 Å². The molecule has 1 amide bonds. The van der Waals surface area contributed by atoms with Crippen LogP contribution >= 0.6 is 0 Å². The van der Waals surface area contributed by atoms with Gasteiger partial charge in [0.15, 0.2) is 0 Å². The molecule has 3 atom stereocenters. The molecule has 0 aromatic rings. The quantitative estimate of drug-likeness (QED) is 0.0375. The molecule has 0 saturated heterocycles. The second kappa shape index (κ2) is 41.3. The topological polar surface area (TPSA) is 89.8 Å². The lowest BCUT2D eigenvalue weighted by Crippen LogP contribution is -2.48. The SMILES string of the molecule is CCCCCCCCCCC/C=C\C/C=C\CCCCCCCCC(O)C(=O)NC(CO)C(O)/C=C/CCCCCCCCCCCCCCC. The van der Waals surface area contributed by atoms with Crippen LogP contribution in [0.25, 0.3) is 0 Å². The average Bonchev–Trinajstić information content (AvgIpc) is 3.13. The molecular weight excluding hydrogens is 631 g/mol. The molecule has 3 unspecified atom stereocenters. The molecule has 0 heterocycles. The van der Waals surface area contributed by atoms with Gasteiger partial charge in [-0.1, -0.05) is 211 Å². The van der Waals surface area contributed by atoms with Crippen molar-refractivity contribution < 1.29 is 20.1 Å². The fraction of sp³-hybridized carbons (Fsp3) is 0.848. The van der Waals surface area contributed by atoms with Gasteiger partial charge in [0.25, 0.3) is 0 Å². The zero-order chi connectivity index (χ0) is 37.3. The van der Waals surface area contributed by atoms with Gasteiger partial charge in [-0.25, -0.2) is 0 Å². The molecule has 5 heteroatoms. The normalized spacial score (nSPS) is 13.9. The fourth-order valence-electron chi connectivity index (χ4n) is 6.69. The first kappa shape index (κ1) is 49.6. The van der Waals surface area contributed by atoms with Crippen molar-refractivity contribution in [2.24, 2.45) is 0 Å². The lowest BCUT2D eigenvalue weighted by Gasteiger charge is -2.21. The Balaban J connectivity index is 3.69. The number of carbonyl (C=O) groups is 1. The van der Waals surface area contributed by atoms with Gasteiger partial charge in [0.05, 0.1) is 18.8 Å². The summed E-state index contributed by atoms with van der Waals surface area (Å²) < 4.78 is 0. The second-order valence-corrected chi connectivity index (χ2v) is 15.3. The van der Waals surface area contributed by atoms with Crippen LogP contribution in [0, 0.1) is 0 Å². The molecule has 0 aromatic carbocycles. The van der Waals surface area contributed by atoms with Crippen molar-refractivity contribution in [1.82, 2.24) is 5.32 Å². The summed E-state index contributed by atoms with van der Waals surface area (Å²) in [5, 5.41) is 33.1. The first-order valence-corrected chi connectivity index (χ1v) is 22.3. The first-order valence-electron chi connectivity index (χ1n) is 22.3. The van der Waals surface area contributed by atoms with E-state index in [4.69, 9.17) is 0 Å². The van der Waals surface area contributed by atoms with Gasteiger partial charge in [0.1, 0.15) is 6.10 Å². The number of unbranched alkanes of at least 4 members (excludes halogenated alkanes) is 28. The molecule has 0 spiro atoms. The monoisotopic (exact) mass is 718 g/mol. The smallest absolute Gasteiger partial charge is 0.249 e. The highest BCUT2D eigenvalue weighted by Crippen LogP contribution is 2.15. The zero-order valence-electron chi connectivity index (χ0n) is 34.0. The van der Waals surface area contributed by atoms with Crippen LogP contribution in [0.2, 0.25) is 0 Å². The lowest BCUT2D eigenvalue weighted by atomic mass is 10.0. The van der Waals surface area contributed by atoms with Crippen molar-refractivity contribution in [3.05, 3.63) is 36.5 Å². The Morgan fingerprint density at radius 1 is 0.490 bits per heavy atom. The molecule has 0 aliphatic heterocycles. The third-order valence-electron chi connectivity index (χ3n) is 10.2. The number of hydrogen-bond acceptors (Lipinski definition) is 4. The van der Waals surface area contributed by atoms with E-state index >= 15 is 0 Å². The maximum absolute atomic E-state index is 12.5. The summed E-state index contributed by atoms with van der Waals surface area (Å²) in [7, 11) is 0. The van der Waals surface area contributed by atoms with Gasteiger partial charge in [0, 0.05) is 0 Å². The summed E-state index contributed by atoms with van der Waals surface area (Å²) in [6.45, 7) is 4.18. The minimum atomic E-state index is -1.11. The molecule has 300 valence electrons. The van der Waals surface area contributed by atoms with E-state index in [0.717, 1.165) is 44.9 Å². The van der Waals surface area contributed by atoms with Gasteiger partial charge in [-0.05, 0) is 51.4 Å². The number of aliphatic hydroxyl groups is 3. The van der Waals surface area contributed by atoms with E-state index in [-0.39, 0.29) is 6.61 Å². The Kier molecular flexibility index (Phi) is 40.2. The maximum Gasteiger partial charge on any atom is 0.249 e. The molecular formula is C46H87NO4. The van der Waals surface area contributed by atoms with Crippen LogP contribution in [-0.2, 0) is 4.79 Å². The van der Waals surface area contributed by atoms with Crippen LogP contribution in [0.1, 0.15) is 226 Å². The van der Waals surface area contributed by atoms with Gasteiger partial charge in [-0.3, -0.25) is 4.79 Å². The van der Waals surface area contributed by atoms with Crippen molar-refractivity contribution in [2.75, 3.05) is 6.61 Å². The third-order valence-corrected chi connectivity index (χ3v) is 10.2. The molecule has 0 bridgehead atoms. The fourth-order valence-corrected chi connectivity index (χ4v) is 6.69. The Bertz CT molecular complexity index is 794. The van der Waals surface area contributed by atoms with E-state index in [9.17, 15) is 20.1 Å². The van der Waals surface area contributed by atoms with Crippen molar-refractivity contribution in [2.45, 2.75) is 244 Å². The standard InChI is InChI=1S/C46H87NO4/c1-3-5-7-9-11-13-15-17-19-20-21-22-23-24-25-27-29-31-33-35-37-39-41-45(50)46(51)47-43(42-48)44(49)40-38-36-34-32-30-28-26-18-16-14-12-10-8-6-4-2/h21-22,24-25,38,40,43-45,48-50H,3-20,23,26-37,39,41-42H2,1-2H3,(H,47,51)/b22-21-,25-24-,40-38+. The van der Waals surface area contributed by atoms with Crippen LogP contribution < -0.4 is 5.32 Å². The van der Waals surface area contributed by atoms with Crippen molar-refractivity contribution >= 4 is 5.91 Å². The summed E-state index contributed by atoms with van der Waals surface area (Å²) in [5.74, 6) is -0.511. The largest absolute Gasteiger partial charge is 0.394 e. The number of aliphatic hydroxyl groups excluding tert-OH is 3. The molecule has 4 N–H and O–H groups in total. The van der Waals surface area contributed by atoms with Crippen LogP contribution in [-0.4, -0.2) is 46.1 Å². The molecule has 0 saturated carbocycles. The van der Waals surface area contributed by atoms with Gasteiger partial charge >= 0.3 is 0 Å². The highest BCUT2D eigenvalue weighted by molar-refractivity contribution is 5.80. The Labute approximate surface area is 317 Å². The minimum Gasteiger partial charge on any atom is -0.394 e. The zero-order valence-corrected chi connectivity index (χ0v) is 34.0. The molecule has 51 heavy (non-hydrogen) atoms. The Morgan fingerprint density at radius 3 is 1.24 bits per heavy atom. The van der Waals surface area contributed by atoms with Gasteiger partial charge in [-0.15, -0.1) is 0 Å². The van der Waals surface area contributed by atoms with Gasteiger partial charge in [0.2, 0.25) is 5.91 Å². The molecule has 0 radical (unpaired) electrons. The molecule has 0 aliphatic rings. The molecule has 0 rings (SSSR count). The lowest BCUT2D eigenvalue weighted by molar-refractivity contribution is -0.131. The molecule has 0 fully saturated rings. The second-order valence-electron chi connectivity index (χ2n) is 15.3. The number of allylic oxidation sites excluding steroid dienone is 5. The summed E-state index contributed by atoms with van der Waals surface area (Å²) in [6.07, 6.45) is 51.7. The van der Waals surface area contributed by atoms with E-state index in [1.165, 1.54) is 161 Å². The van der Waals surface area contributed by atoms with E-state index in [1.54, 1.807) is 6.08 Å². The van der Waals surface area contributed by atoms with E-state index < -0.39 is 24.2 Å². The van der Waals surface area contributed by atoms with Crippen molar-refractivity contribution in [3.8, 4) is 0 Å². The highest BCUT2D eigenvalue weighted by atomic mass is 16.3. The number of rotatable bonds is 40. The number of amides is 1. The number of nitrogens with one attached hydrogen (secondary N) is 1. The van der Waals surface area contributed by atoms with Gasteiger partial charge in [-0.2, -0.15) is 0 Å². The molecule has 0 aromatic heterocycles. The Morgan fingerprint density at radius 2 is 0.843 bits per heavy atom. The van der Waals surface area contributed by atoms with Gasteiger partial charge < -0.3 is 20.6 Å². The summed E-state index contributed by atoms with van der Waals surface area (Å²) >= 11 is 0. The van der Waals surface area contributed by atoms with E-state index in [1.807, 2.05) is 6.08 Å². The van der Waals surface area contributed by atoms with Crippen LogP contribution in [0.4, 0.5) is 0 Å². The van der Waals surface area contributed by atoms with Crippen LogP contribution in [0.15, 0.2) is 36.5 Å². The van der Waals surface area contributed by atoms with Crippen molar-refractivity contribution in [1.29, 1.82) is 0 Å². The van der Waals surface area contributed by atoms with E-state index in [0.29, 0.717) is 6.42 Å². The highest BCUT2D eigenvalue weighted by Gasteiger charge is 2.22. The van der Waals surface area contributed by atoms with Crippen LogP contribution in [0.5, 0.6) is 0 Å². The summed E-state index contributed by atoms with van der Waals surface area (Å²) in [5.41, 5.74) is 0. The third kappa shape index (κ3) is 36.7.